The molecule has 1 aromatic carbocycles. The lowest BCUT2D eigenvalue weighted by atomic mass is 10.1. The number of para-hydroxylation sites is 1. The Balaban J connectivity index is 1.88. The van der Waals surface area contributed by atoms with Crippen molar-refractivity contribution >= 4 is 56.1 Å². The number of thiocarbonyl (C=S) groups is 1. The standard InChI is InChI=1S/C16H15NO5S3/c1-10(18)22-13-5-3-2-4-11(13)8-14-15(19)17(16(23)24-14)12-6-7-25(20,21)9-12/h2-5,8,12H,6-7,9H2,1H3/b14-8-. The Morgan fingerprint density at radius 2 is 2.12 bits per heavy atom. The number of benzene rings is 1. The van der Waals surface area contributed by atoms with Crippen LogP contribution in [0.5, 0.6) is 5.75 Å². The smallest absolute Gasteiger partial charge is 0.308 e. The maximum absolute atomic E-state index is 12.7. The number of sulfone groups is 1. The quantitative estimate of drug-likeness (QED) is 0.334. The third-order valence-corrected chi connectivity index (χ3v) is 6.94. The van der Waals surface area contributed by atoms with Crippen molar-refractivity contribution in [3.8, 4) is 5.75 Å². The molecule has 1 amide bonds. The molecular formula is C16H15NO5S3. The average Bonchev–Trinajstić information content (AvgIpc) is 3.00. The molecule has 3 rings (SSSR count). The van der Waals surface area contributed by atoms with Gasteiger partial charge in [-0.15, -0.1) is 0 Å². The number of hydrogen-bond acceptors (Lipinski definition) is 7. The van der Waals surface area contributed by atoms with Crippen molar-refractivity contribution in [3.63, 3.8) is 0 Å². The van der Waals surface area contributed by atoms with Gasteiger partial charge in [0.25, 0.3) is 5.91 Å². The summed E-state index contributed by atoms with van der Waals surface area (Å²) in [6.07, 6.45) is 2.01. The summed E-state index contributed by atoms with van der Waals surface area (Å²) < 4.78 is 28.9. The van der Waals surface area contributed by atoms with E-state index in [4.69, 9.17) is 17.0 Å². The van der Waals surface area contributed by atoms with E-state index in [1.54, 1.807) is 30.3 Å². The summed E-state index contributed by atoms with van der Waals surface area (Å²) in [6, 6.07) is 6.45. The van der Waals surface area contributed by atoms with Crippen LogP contribution in [0.25, 0.3) is 6.08 Å². The Kier molecular flexibility index (Phi) is 4.99. The number of amides is 1. The van der Waals surface area contributed by atoms with E-state index in [1.807, 2.05) is 0 Å². The van der Waals surface area contributed by atoms with Gasteiger partial charge >= 0.3 is 5.97 Å². The third kappa shape index (κ3) is 3.94. The summed E-state index contributed by atoms with van der Waals surface area (Å²) in [5.74, 6) is -0.400. The first-order valence-electron chi connectivity index (χ1n) is 7.52. The van der Waals surface area contributed by atoms with E-state index in [2.05, 4.69) is 0 Å². The summed E-state index contributed by atoms with van der Waals surface area (Å²) >= 11 is 6.40. The van der Waals surface area contributed by atoms with Gasteiger partial charge in [0.05, 0.1) is 22.5 Å². The highest BCUT2D eigenvalue weighted by atomic mass is 32.2. The van der Waals surface area contributed by atoms with Gasteiger partial charge in [-0.1, -0.05) is 42.2 Å². The molecule has 2 aliphatic rings. The monoisotopic (exact) mass is 397 g/mol. The molecular weight excluding hydrogens is 382 g/mol. The topological polar surface area (TPSA) is 80.8 Å². The van der Waals surface area contributed by atoms with E-state index >= 15 is 0 Å². The van der Waals surface area contributed by atoms with Crippen LogP contribution in [0, 0.1) is 0 Å². The fourth-order valence-electron chi connectivity index (χ4n) is 2.76. The van der Waals surface area contributed by atoms with Crippen molar-refractivity contribution in [1.82, 2.24) is 4.90 Å². The Hall–Kier alpha value is -1.71. The highest BCUT2D eigenvalue weighted by Crippen LogP contribution is 2.37. The predicted octanol–water partition coefficient (Wildman–Crippen LogP) is 2.00. The van der Waals surface area contributed by atoms with Crippen LogP contribution in [-0.2, 0) is 19.4 Å². The summed E-state index contributed by atoms with van der Waals surface area (Å²) in [7, 11) is -3.12. The van der Waals surface area contributed by atoms with Crippen LogP contribution in [0.2, 0.25) is 0 Å². The molecule has 2 heterocycles. The predicted molar refractivity (Wildman–Crippen MR) is 99.8 cm³/mol. The number of rotatable bonds is 3. The highest BCUT2D eigenvalue weighted by Gasteiger charge is 2.42. The highest BCUT2D eigenvalue weighted by molar-refractivity contribution is 8.26. The van der Waals surface area contributed by atoms with Gasteiger partial charge in [0.2, 0.25) is 0 Å². The summed E-state index contributed by atoms with van der Waals surface area (Å²) in [5.41, 5.74) is 0.581. The number of hydrogen-bond donors (Lipinski definition) is 0. The molecule has 2 saturated heterocycles. The number of esters is 1. The van der Waals surface area contributed by atoms with E-state index in [9.17, 15) is 18.0 Å². The zero-order chi connectivity index (χ0) is 18.2. The van der Waals surface area contributed by atoms with Crippen molar-refractivity contribution < 1.29 is 22.7 Å². The lowest BCUT2D eigenvalue weighted by molar-refractivity contribution is -0.131. The van der Waals surface area contributed by atoms with Crippen LogP contribution in [0.3, 0.4) is 0 Å². The molecule has 0 N–H and O–H groups in total. The van der Waals surface area contributed by atoms with Crippen LogP contribution in [-0.4, -0.2) is 47.1 Å². The van der Waals surface area contributed by atoms with Crippen LogP contribution >= 0.6 is 24.0 Å². The van der Waals surface area contributed by atoms with Crippen LogP contribution in [0.4, 0.5) is 0 Å². The molecule has 0 radical (unpaired) electrons. The molecule has 132 valence electrons. The molecule has 0 spiro atoms. The molecule has 0 bridgehead atoms. The Labute approximate surface area is 155 Å². The van der Waals surface area contributed by atoms with Crippen molar-refractivity contribution in [3.05, 3.63) is 34.7 Å². The Morgan fingerprint density at radius 1 is 1.40 bits per heavy atom. The number of carbonyl (C=O) groups is 2. The van der Waals surface area contributed by atoms with E-state index in [0.29, 0.717) is 27.0 Å². The first-order chi connectivity index (χ1) is 11.8. The molecule has 1 atom stereocenters. The molecule has 25 heavy (non-hydrogen) atoms. The second-order valence-corrected chi connectivity index (χ2v) is 9.64. The fraction of sp³-hybridized carbons (Fsp3) is 0.312. The zero-order valence-electron chi connectivity index (χ0n) is 13.3. The first-order valence-corrected chi connectivity index (χ1v) is 10.6. The minimum Gasteiger partial charge on any atom is -0.426 e. The van der Waals surface area contributed by atoms with Gasteiger partial charge in [-0.2, -0.15) is 0 Å². The van der Waals surface area contributed by atoms with E-state index in [-0.39, 0.29) is 17.4 Å². The van der Waals surface area contributed by atoms with E-state index in [1.165, 1.54) is 11.8 Å². The number of thioether (sulfide) groups is 1. The maximum Gasteiger partial charge on any atom is 0.308 e. The van der Waals surface area contributed by atoms with Gasteiger partial charge in [0, 0.05) is 12.5 Å². The van der Waals surface area contributed by atoms with Crippen LogP contribution in [0.15, 0.2) is 29.2 Å². The molecule has 0 aromatic heterocycles. The first kappa shape index (κ1) is 18.1. The van der Waals surface area contributed by atoms with E-state index < -0.39 is 21.8 Å². The number of ether oxygens (including phenoxy) is 1. The number of carbonyl (C=O) groups excluding carboxylic acids is 2. The fourth-order valence-corrected chi connectivity index (χ4v) is 5.85. The third-order valence-electron chi connectivity index (χ3n) is 3.86. The Bertz CT molecular complexity index is 891. The minimum atomic E-state index is -3.12. The summed E-state index contributed by atoms with van der Waals surface area (Å²) in [4.78, 5) is 25.7. The van der Waals surface area contributed by atoms with Crippen molar-refractivity contribution in [2.24, 2.45) is 0 Å². The molecule has 2 fully saturated rings. The van der Waals surface area contributed by atoms with E-state index in [0.717, 1.165) is 11.8 Å². The SMILES string of the molecule is CC(=O)Oc1ccccc1/C=C1\SC(=S)N(C2CCS(=O)(=O)C2)C1=O. The Morgan fingerprint density at radius 3 is 2.76 bits per heavy atom. The molecule has 6 nitrogen and oxygen atoms in total. The second-order valence-electron chi connectivity index (χ2n) is 5.74. The number of nitrogens with zero attached hydrogens (tertiary/aromatic N) is 1. The molecule has 1 aromatic rings. The van der Waals surface area contributed by atoms with Gasteiger partial charge in [0.15, 0.2) is 9.84 Å². The summed E-state index contributed by atoms with van der Waals surface area (Å²) in [6.45, 7) is 1.30. The largest absolute Gasteiger partial charge is 0.426 e. The van der Waals surface area contributed by atoms with Crippen molar-refractivity contribution in [2.45, 2.75) is 19.4 Å². The normalized spacial score (nSPS) is 24.1. The molecule has 9 heteroatoms. The lowest BCUT2D eigenvalue weighted by Gasteiger charge is -2.20. The van der Waals surface area contributed by atoms with Gasteiger partial charge in [-0.3, -0.25) is 14.5 Å². The molecule has 2 aliphatic heterocycles. The van der Waals surface area contributed by atoms with Crippen molar-refractivity contribution in [1.29, 1.82) is 0 Å². The van der Waals surface area contributed by atoms with Gasteiger partial charge in [0.1, 0.15) is 10.1 Å². The molecule has 1 unspecified atom stereocenters. The van der Waals surface area contributed by atoms with Gasteiger partial charge in [-0.25, -0.2) is 8.42 Å². The second kappa shape index (κ2) is 6.89. The van der Waals surface area contributed by atoms with Crippen LogP contribution in [0.1, 0.15) is 18.9 Å². The van der Waals surface area contributed by atoms with Gasteiger partial charge in [-0.05, 0) is 18.6 Å². The molecule has 0 saturated carbocycles. The molecule has 0 aliphatic carbocycles. The zero-order valence-corrected chi connectivity index (χ0v) is 15.7. The lowest BCUT2D eigenvalue weighted by Crippen LogP contribution is -2.39. The maximum atomic E-state index is 12.7. The van der Waals surface area contributed by atoms with Crippen molar-refractivity contribution in [2.75, 3.05) is 11.5 Å². The minimum absolute atomic E-state index is 0.0588. The van der Waals surface area contributed by atoms with Gasteiger partial charge < -0.3 is 4.74 Å². The summed E-state index contributed by atoms with van der Waals surface area (Å²) in [5, 5.41) is 0. The van der Waals surface area contributed by atoms with Crippen LogP contribution < -0.4 is 4.74 Å². The average molecular weight is 397 g/mol.